The minimum atomic E-state index is -1.19. The van der Waals surface area contributed by atoms with Crippen molar-refractivity contribution >= 4 is 29.7 Å². The number of nitrogens with one attached hydrogen (secondary N) is 4. The van der Waals surface area contributed by atoms with Crippen LogP contribution in [-0.2, 0) is 30.4 Å². The Labute approximate surface area is 210 Å². The van der Waals surface area contributed by atoms with E-state index in [1.807, 2.05) is 20.8 Å². The van der Waals surface area contributed by atoms with Gasteiger partial charge in [-0.25, -0.2) is 9.78 Å². The standard InChI is InChI=1S/C23H38N6O7/c1-5-13(4)19(29-20(32)15(24)6-7-18(30)31)22(34)27-16(9-14-10-25-11-26-14)21(33)28-17(23(35)36)8-12(2)3/h10-13,15-17,19H,5-9,24H2,1-4H3,(H,25,26)(H,27,34)(H,28,33)(H,29,32)(H,30,31)(H,35,36). The van der Waals surface area contributed by atoms with E-state index in [4.69, 9.17) is 10.8 Å². The summed E-state index contributed by atoms with van der Waals surface area (Å²) in [5.74, 6) is -4.67. The molecule has 1 aromatic heterocycles. The number of carbonyl (C=O) groups excluding carboxylic acids is 3. The molecule has 0 saturated carbocycles. The first-order valence-electron chi connectivity index (χ1n) is 11.9. The summed E-state index contributed by atoms with van der Waals surface area (Å²) in [6.45, 7) is 7.21. The quantitative estimate of drug-likeness (QED) is 0.156. The van der Waals surface area contributed by atoms with E-state index in [1.165, 1.54) is 12.5 Å². The zero-order chi connectivity index (χ0) is 27.4. The summed E-state index contributed by atoms with van der Waals surface area (Å²) < 4.78 is 0. The van der Waals surface area contributed by atoms with Gasteiger partial charge in [0.15, 0.2) is 0 Å². The number of nitrogens with two attached hydrogens (primary N) is 1. The lowest BCUT2D eigenvalue weighted by Gasteiger charge is -2.28. The maximum absolute atomic E-state index is 13.2. The Bertz CT molecular complexity index is 890. The van der Waals surface area contributed by atoms with Crippen LogP contribution in [0.2, 0.25) is 0 Å². The molecule has 0 aliphatic heterocycles. The maximum atomic E-state index is 13.2. The predicted molar refractivity (Wildman–Crippen MR) is 129 cm³/mol. The average molecular weight is 511 g/mol. The van der Waals surface area contributed by atoms with Crippen LogP contribution < -0.4 is 21.7 Å². The molecule has 36 heavy (non-hydrogen) atoms. The van der Waals surface area contributed by atoms with E-state index in [0.717, 1.165) is 0 Å². The molecule has 5 unspecified atom stereocenters. The summed E-state index contributed by atoms with van der Waals surface area (Å²) in [6, 6.07) is -4.48. The Hall–Kier alpha value is -3.48. The van der Waals surface area contributed by atoms with Crippen molar-refractivity contribution in [3.05, 3.63) is 18.2 Å². The molecule has 202 valence electrons. The second-order valence-corrected chi connectivity index (χ2v) is 9.28. The molecule has 1 heterocycles. The summed E-state index contributed by atoms with van der Waals surface area (Å²) in [6.07, 6.45) is 3.19. The van der Waals surface area contributed by atoms with Gasteiger partial charge >= 0.3 is 11.9 Å². The van der Waals surface area contributed by atoms with Gasteiger partial charge < -0.3 is 36.9 Å². The van der Waals surface area contributed by atoms with Gasteiger partial charge in [0, 0.05) is 24.7 Å². The lowest BCUT2D eigenvalue weighted by molar-refractivity contribution is -0.143. The van der Waals surface area contributed by atoms with Gasteiger partial charge in [-0.3, -0.25) is 19.2 Å². The molecule has 0 fully saturated rings. The third-order valence-electron chi connectivity index (χ3n) is 5.73. The van der Waals surface area contributed by atoms with Crippen LogP contribution >= 0.6 is 0 Å². The summed E-state index contributed by atoms with van der Waals surface area (Å²) in [5.41, 5.74) is 6.31. The average Bonchev–Trinajstić information content (AvgIpc) is 3.31. The van der Waals surface area contributed by atoms with Crippen LogP contribution in [0.5, 0.6) is 0 Å². The van der Waals surface area contributed by atoms with Crippen molar-refractivity contribution < 1.29 is 34.2 Å². The molecule has 0 aliphatic rings. The van der Waals surface area contributed by atoms with Crippen molar-refractivity contribution in [1.29, 1.82) is 0 Å². The van der Waals surface area contributed by atoms with Crippen molar-refractivity contribution in [2.24, 2.45) is 17.6 Å². The Balaban J connectivity index is 3.07. The summed E-state index contributed by atoms with van der Waals surface area (Å²) in [5, 5.41) is 26.0. The summed E-state index contributed by atoms with van der Waals surface area (Å²) in [7, 11) is 0. The highest BCUT2D eigenvalue weighted by Crippen LogP contribution is 2.11. The van der Waals surface area contributed by atoms with Crippen LogP contribution in [0.25, 0.3) is 0 Å². The first-order valence-corrected chi connectivity index (χ1v) is 11.9. The van der Waals surface area contributed by atoms with Gasteiger partial charge in [0.2, 0.25) is 17.7 Å². The number of nitrogens with zero attached hydrogens (tertiary/aromatic N) is 1. The van der Waals surface area contributed by atoms with Crippen LogP contribution in [0, 0.1) is 11.8 Å². The molecule has 5 atom stereocenters. The van der Waals surface area contributed by atoms with Crippen LogP contribution in [0.1, 0.15) is 59.1 Å². The Kier molecular flexibility index (Phi) is 12.6. The van der Waals surface area contributed by atoms with Crippen LogP contribution in [0.15, 0.2) is 12.5 Å². The number of carboxylic acid groups (broad SMARTS) is 2. The SMILES string of the molecule is CCC(C)C(NC(=O)C(N)CCC(=O)O)C(=O)NC(Cc1cnc[nH]1)C(=O)NC(CC(C)C)C(=O)O. The third-order valence-corrected chi connectivity index (χ3v) is 5.73. The van der Waals surface area contributed by atoms with Crippen LogP contribution in [0.3, 0.4) is 0 Å². The molecule has 1 aromatic rings. The smallest absolute Gasteiger partial charge is 0.326 e. The van der Waals surface area contributed by atoms with Gasteiger partial charge in [0.1, 0.15) is 18.1 Å². The van der Waals surface area contributed by atoms with E-state index in [2.05, 4.69) is 25.9 Å². The molecular weight excluding hydrogens is 472 g/mol. The van der Waals surface area contributed by atoms with Crippen LogP contribution in [0.4, 0.5) is 0 Å². The fourth-order valence-electron chi connectivity index (χ4n) is 3.42. The van der Waals surface area contributed by atoms with E-state index in [1.54, 1.807) is 6.92 Å². The van der Waals surface area contributed by atoms with E-state index in [9.17, 15) is 29.1 Å². The largest absolute Gasteiger partial charge is 0.481 e. The van der Waals surface area contributed by atoms with Gasteiger partial charge in [-0.05, 0) is 24.7 Å². The highest BCUT2D eigenvalue weighted by atomic mass is 16.4. The second-order valence-electron chi connectivity index (χ2n) is 9.28. The number of aliphatic carboxylic acids is 2. The number of hydrogen-bond donors (Lipinski definition) is 7. The minimum Gasteiger partial charge on any atom is -0.481 e. The molecule has 0 saturated heterocycles. The Morgan fingerprint density at radius 3 is 2.14 bits per heavy atom. The van der Waals surface area contributed by atoms with Crippen LogP contribution in [-0.4, -0.2) is 74.0 Å². The number of aromatic amines is 1. The number of hydrogen-bond acceptors (Lipinski definition) is 7. The molecule has 13 nitrogen and oxygen atoms in total. The second kappa shape index (κ2) is 14.8. The third kappa shape index (κ3) is 10.4. The highest BCUT2D eigenvalue weighted by Gasteiger charge is 2.33. The Morgan fingerprint density at radius 1 is 1.00 bits per heavy atom. The predicted octanol–water partition coefficient (Wildman–Crippen LogP) is -0.224. The van der Waals surface area contributed by atoms with E-state index in [0.29, 0.717) is 12.1 Å². The van der Waals surface area contributed by atoms with Gasteiger partial charge in [0.25, 0.3) is 0 Å². The van der Waals surface area contributed by atoms with Crippen molar-refractivity contribution in [3.8, 4) is 0 Å². The summed E-state index contributed by atoms with van der Waals surface area (Å²) >= 11 is 0. The van der Waals surface area contributed by atoms with Gasteiger partial charge in [-0.15, -0.1) is 0 Å². The van der Waals surface area contributed by atoms with Gasteiger partial charge in [-0.2, -0.15) is 0 Å². The molecule has 0 spiro atoms. The Morgan fingerprint density at radius 2 is 1.64 bits per heavy atom. The monoisotopic (exact) mass is 510 g/mol. The lowest BCUT2D eigenvalue weighted by Crippen LogP contribution is -2.59. The van der Waals surface area contributed by atoms with Gasteiger partial charge in [-0.1, -0.05) is 34.1 Å². The first kappa shape index (κ1) is 30.6. The number of rotatable bonds is 16. The number of imidazole rings is 1. The molecule has 0 aliphatic carbocycles. The van der Waals surface area contributed by atoms with Crippen molar-refractivity contribution in [2.75, 3.05) is 0 Å². The first-order chi connectivity index (χ1) is 16.8. The molecule has 0 bridgehead atoms. The lowest BCUT2D eigenvalue weighted by atomic mass is 9.96. The van der Waals surface area contributed by atoms with Crippen molar-refractivity contribution in [2.45, 2.75) is 84.0 Å². The number of carboxylic acids is 2. The fraction of sp³-hybridized carbons (Fsp3) is 0.652. The van der Waals surface area contributed by atoms with Crippen molar-refractivity contribution in [1.82, 2.24) is 25.9 Å². The zero-order valence-electron chi connectivity index (χ0n) is 21.1. The highest BCUT2D eigenvalue weighted by molar-refractivity contribution is 5.94. The van der Waals surface area contributed by atoms with Crippen molar-refractivity contribution in [3.63, 3.8) is 0 Å². The molecule has 0 radical (unpaired) electrons. The number of H-pyrrole nitrogens is 1. The fourth-order valence-corrected chi connectivity index (χ4v) is 3.42. The minimum absolute atomic E-state index is 0.00220. The topological polar surface area (TPSA) is 217 Å². The number of amides is 3. The van der Waals surface area contributed by atoms with E-state index >= 15 is 0 Å². The van der Waals surface area contributed by atoms with Gasteiger partial charge in [0.05, 0.1) is 12.4 Å². The van der Waals surface area contributed by atoms with E-state index in [-0.39, 0.29) is 37.5 Å². The molecule has 13 heteroatoms. The normalized spacial score (nSPS) is 15.3. The zero-order valence-corrected chi connectivity index (χ0v) is 21.1. The number of aromatic nitrogens is 2. The molecular formula is C23H38N6O7. The molecule has 1 rings (SSSR count). The molecule has 3 amide bonds. The maximum Gasteiger partial charge on any atom is 0.326 e. The molecule has 8 N–H and O–H groups in total. The summed E-state index contributed by atoms with van der Waals surface area (Å²) in [4.78, 5) is 68.0. The van der Waals surface area contributed by atoms with E-state index < -0.39 is 53.8 Å². The number of carbonyl (C=O) groups is 5. The molecule has 0 aromatic carbocycles.